The maximum Gasteiger partial charge on any atom is 0.309 e. The molecule has 1 aromatic carbocycles. The molecule has 1 aliphatic carbocycles. The van der Waals surface area contributed by atoms with Gasteiger partial charge in [-0.3, -0.25) is 4.79 Å². The van der Waals surface area contributed by atoms with E-state index in [1.807, 2.05) is 30.3 Å². The molecule has 0 N–H and O–H groups in total. The Kier molecular flexibility index (Phi) is 4.27. The van der Waals surface area contributed by atoms with E-state index in [1.165, 1.54) is 0 Å². The van der Waals surface area contributed by atoms with Crippen LogP contribution in [-0.4, -0.2) is 25.0 Å². The number of esters is 1. The summed E-state index contributed by atoms with van der Waals surface area (Å²) in [6, 6.07) is 9.78. The number of hydrogen-bond acceptors (Lipinski definition) is 4. The van der Waals surface area contributed by atoms with E-state index in [0.717, 1.165) is 24.8 Å². The summed E-state index contributed by atoms with van der Waals surface area (Å²) >= 11 is 0. The fraction of sp³-hybridized carbons (Fsp3) is 0.588. The van der Waals surface area contributed by atoms with Crippen molar-refractivity contribution >= 4 is 5.97 Å². The lowest BCUT2D eigenvalue weighted by atomic mass is 9.78. The van der Waals surface area contributed by atoms with Crippen molar-refractivity contribution in [3.63, 3.8) is 0 Å². The number of carbonyl (C=O) groups is 1. The van der Waals surface area contributed by atoms with Crippen LogP contribution in [0.2, 0.25) is 0 Å². The molecule has 0 radical (unpaired) electrons. The third-order valence-electron chi connectivity index (χ3n) is 4.56. The predicted molar refractivity (Wildman–Crippen MR) is 77.4 cm³/mol. The van der Waals surface area contributed by atoms with Crippen molar-refractivity contribution in [3.8, 4) is 0 Å². The lowest BCUT2D eigenvalue weighted by Crippen LogP contribution is -2.44. The second kappa shape index (κ2) is 6.16. The molecule has 2 aliphatic rings. The van der Waals surface area contributed by atoms with E-state index >= 15 is 0 Å². The van der Waals surface area contributed by atoms with E-state index in [0.29, 0.717) is 19.8 Å². The fourth-order valence-electron chi connectivity index (χ4n) is 3.31. The van der Waals surface area contributed by atoms with Crippen molar-refractivity contribution < 1.29 is 19.0 Å². The van der Waals surface area contributed by atoms with Crippen LogP contribution in [0.1, 0.15) is 31.7 Å². The summed E-state index contributed by atoms with van der Waals surface area (Å²) in [6.45, 7) is 3.77. The molecule has 21 heavy (non-hydrogen) atoms. The Labute approximate surface area is 125 Å². The van der Waals surface area contributed by atoms with Crippen molar-refractivity contribution in [1.29, 1.82) is 0 Å². The molecule has 1 saturated heterocycles. The Morgan fingerprint density at radius 3 is 2.67 bits per heavy atom. The molecule has 0 aromatic heterocycles. The molecule has 2 atom stereocenters. The lowest BCUT2D eigenvalue weighted by Gasteiger charge is -2.39. The zero-order chi connectivity index (χ0) is 14.7. The Bertz CT molecular complexity index is 479. The topological polar surface area (TPSA) is 44.8 Å². The maximum atomic E-state index is 12.2. The van der Waals surface area contributed by atoms with E-state index < -0.39 is 5.79 Å². The third kappa shape index (κ3) is 3.11. The van der Waals surface area contributed by atoms with Crippen molar-refractivity contribution in [3.05, 3.63) is 35.9 Å². The highest BCUT2D eigenvalue weighted by molar-refractivity contribution is 5.72. The van der Waals surface area contributed by atoms with E-state index in [2.05, 4.69) is 6.92 Å². The highest BCUT2D eigenvalue weighted by Gasteiger charge is 2.47. The molecule has 1 aromatic rings. The average Bonchev–Trinajstić information content (AvgIpc) is 2.99. The van der Waals surface area contributed by atoms with E-state index in [9.17, 15) is 4.79 Å². The van der Waals surface area contributed by atoms with Crippen molar-refractivity contribution in [1.82, 2.24) is 0 Å². The Hall–Kier alpha value is -1.39. The van der Waals surface area contributed by atoms with Crippen LogP contribution in [0.15, 0.2) is 30.3 Å². The zero-order valence-electron chi connectivity index (χ0n) is 12.4. The van der Waals surface area contributed by atoms with Gasteiger partial charge in [0.05, 0.1) is 19.1 Å². The van der Waals surface area contributed by atoms with Crippen molar-refractivity contribution in [2.45, 2.75) is 38.6 Å². The van der Waals surface area contributed by atoms with Crippen LogP contribution in [0.3, 0.4) is 0 Å². The van der Waals surface area contributed by atoms with Gasteiger partial charge in [0, 0.05) is 12.3 Å². The molecule has 3 rings (SSSR count). The largest absolute Gasteiger partial charge is 0.461 e. The van der Waals surface area contributed by atoms with Gasteiger partial charge in [-0.05, 0) is 18.4 Å². The monoisotopic (exact) mass is 290 g/mol. The minimum atomic E-state index is -0.448. The molecular weight excluding hydrogens is 268 g/mol. The van der Waals surface area contributed by atoms with Gasteiger partial charge >= 0.3 is 5.97 Å². The quantitative estimate of drug-likeness (QED) is 0.803. The maximum absolute atomic E-state index is 12.2. The first-order valence-electron chi connectivity index (χ1n) is 7.68. The van der Waals surface area contributed by atoms with Gasteiger partial charge in [0.1, 0.15) is 6.61 Å². The van der Waals surface area contributed by atoms with Gasteiger partial charge in [-0.2, -0.15) is 0 Å². The normalized spacial score (nSPS) is 27.7. The smallest absolute Gasteiger partial charge is 0.309 e. The van der Waals surface area contributed by atoms with Crippen molar-refractivity contribution in [2.24, 2.45) is 11.8 Å². The average molecular weight is 290 g/mol. The molecule has 0 bridgehead atoms. The Balaban J connectivity index is 1.52. The molecule has 4 nitrogen and oxygen atoms in total. The number of hydrogen-bond donors (Lipinski definition) is 0. The van der Waals surface area contributed by atoms with Gasteiger partial charge in [0.2, 0.25) is 0 Å². The third-order valence-corrected chi connectivity index (χ3v) is 4.56. The van der Waals surface area contributed by atoms with Gasteiger partial charge in [0.15, 0.2) is 5.79 Å². The molecule has 1 aliphatic heterocycles. The lowest BCUT2D eigenvalue weighted by molar-refractivity contribution is -0.216. The number of ether oxygens (including phenoxy) is 3. The molecule has 0 amide bonds. The first kappa shape index (κ1) is 14.5. The summed E-state index contributed by atoms with van der Waals surface area (Å²) in [4.78, 5) is 12.2. The summed E-state index contributed by atoms with van der Waals surface area (Å²) in [5.74, 6) is -0.361. The summed E-state index contributed by atoms with van der Waals surface area (Å²) < 4.78 is 17.0. The Morgan fingerprint density at radius 2 is 2.00 bits per heavy atom. The zero-order valence-corrected chi connectivity index (χ0v) is 12.4. The molecular formula is C17H22O4. The highest BCUT2D eigenvalue weighted by Crippen LogP contribution is 2.42. The molecule has 1 saturated carbocycles. The molecule has 1 spiro atoms. The number of carbonyl (C=O) groups excluding carboxylic acids is 1. The molecule has 2 unspecified atom stereocenters. The summed E-state index contributed by atoms with van der Waals surface area (Å²) in [7, 11) is 0. The van der Waals surface area contributed by atoms with E-state index in [-0.39, 0.29) is 17.8 Å². The minimum Gasteiger partial charge on any atom is -0.461 e. The first-order chi connectivity index (χ1) is 10.2. The van der Waals surface area contributed by atoms with Crippen LogP contribution in [0.5, 0.6) is 0 Å². The van der Waals surface area contributed by atoms with Gasteiger partial charge in [-0.15, -0.1) is 0 Å². The van der Waals surface area contributed by atoms with Gasteiger partial charge in [-0.1, -0.05) is 37.3 Å². The summed E-state index contributed by atoms with van der Waals surface area (Å²) in [6.07, 6.45) is 2.32. The molecule has 4 heteroatoms. The van der Waals surface area contributed by atoms with Crippen LogP contribution in [-0.2, 0) is 25.6 Å². The second-order valence-electron chi connectivity index (χ2n) is 5.97. The van der Waals surface area contributed by atoms with Crippen LogP contribution in [0, 0.1) is 11.8 Å². The summed E-state index contributed by atoms with van der Waals surface area (Å²) in [5.41, 5.74) is 1.02. The van der Waals surface area contributed by atoms with Gasteiger partial charge in [-0.25, -0.2) is 0 Å². The standard InChI is InChI=1S/C17H22O4/c1-13-11-15(7-8-17(13)20-9-10-21-17)16(18)19-12-14-5-3-2-4-6-14/h2-6,13,15H,7-12H2,1H3. The first-order valence-corrected chi connectivity index (χ1v) is 7.68. The SMILES string of the molecule is CC1CC(C(=O)OCc2ccccc2)CCC12OCCO2. The molecule has 1 heterocycles. The predicted octanol–water partition coefficient (Wildman–Crippen LogP) is 2.91. The Morgan fingerprint density at radius 1 is 1.29 bits per heavy atom. The van der Waals surface area contributed by atoms with Gasteiger partial charge < -0.3 is 14.2 Å². The highest BCUT2D eigenvalue weighted by atomic mass is 16.7. The second-order valence-corrected chi connectivity index (χ2v) is 5.97. The van der Waals surface area contributed by atoms with Crippen LogP contribution >= 0.6 is 0 Å². The van der Waals surface area contributed by atoms with E-state index in [1.54, 1.807) is 0 Å². The van der Waals surface area contributed by atoms with Crippen LogP contribution in [0.25, 0.3) is 0 Å². The van der Waals surface area contributed by atoms with Crippen LogP contribution < -0.4 is 0 Å². The van der Waals surface area contributed by atoms with Crippen molar-refractivity contribution in [2.75, 3.05) is 13.2 Å². The van der Waals surface area contributed by atoms with Gasteiger partial charge in [0.25, 0.3) is 0 Å². The summed E-state index contributed by atoms with van der Waals surface area (Å²) in [5, 5.41) is 0. The molecule has 2 fully saturated rings. The fourth-order valence-corrected chi connectivity index (χ4v) is 3.31. The minimum absolute atomic E-state index is 0.0397. The van der Waals surface area contributed by atoms with Crippen LogP contribution in [0.4, 0.5) is 0 Å². The molecule has 114 valence electrons. The number of rotatable bonds is 3. The number of benzene rings is 1. The van der Waals surface area contributed by atoms with E-state index in [4.69, 9.17) is 14.2 Å².